The molecular formula is C11H12F3N3O2S. The van der Waals surface area contributed by atoms with E-state index in [1.807, 2.05) is 0 Å². The number of carbonyl (C=O) groups excluding carboxylic acids is 2. The summed E-state index contributed by atoms with van der Waals surface area (Å²) < 4.78 is 36.8. The van der Waals surface area contributed by atoms with Crippen LogP contribution in [0.4, 0.5) is 18.3 Å². The number of hydrogen-bond acceptors (Lipinski definition) is 4. The Hall–Kier alpha value is -1.64. The molecule has 5 nitrogen and oxygen atoms in total. The van der Waals surface area contributed by atoms with Crippen molar-refractivity contribution < 1.29 is 22.8 Å². The summed E-state index contributed by atoms with van der Waals surface area (Å²) in [6.07, 6.45) is -2.86. The number of anilines is 1. The lowest BCUT2D eigenvalue weighted by atomic mass is 9.96. The van der Waals surface area contributed by atoms with Crippen LogP contribution in [0.25, 0.3) is 0 Å². The highest BCUT2D eigenvalue weighted by Gasteiger charge is 2.43. The average molecular weight is 307 g/mol. The van der Waals surface area contributed by atoms with Gasteiger partial charge in [0.25, 0.3) is 0 Å². The quantitative estimate of drug-likeness (QED) is 0.907. The van der Waals surface area contributed by atoms with Crippen LogP contribution in [-0.2, 0) is 9.59 Å². The first kappa shape index (κ1) is 14.8. The first-order valence-electron chi connectivity index (χ1n) is 5.94. The molecule has 20 heavy (non-hydrogen) atoms. The van der Waals surface area contributed by atoms with Gasteiger partial charge >= 0.3 is 12.1 Å². The summed E-state index contributed by atoms with van der Waals surface area (Å²) in [5.41, 5.74) is 0. The van der Waals surface area contributed by atoms with Crippen molar-refractivity contribution >= 4 is 28.3 Å². The van der Waals surface area contributed by atoms with Crippen LogP contribution < -0.4 is 5.32 Å². The molecule has 0 saturated carbocycles. The number of likely N-dealkylation sites (tertiary alicyclic amines) is 1. The zero-order chi connectivity index (χ0) is 14.8. The largest absolute Gasteiger partial charge is 0.471 e. The fourth-order valence-corrected chi connectivity index (χ4v) is 2.55. The zero-order valence-electron chi connectivity index (χ0n) is 10.3. The molecule has 1 aliphatic heterocycles. The Bertz CT molecular complexity index is 482. The molecule has 0 unspecified atom stereocenters. The van der Waals surface area contributed by atoms with E-state index in [9.17, 15) is 22.8 Å². The minimum absolute atomic E-state index is 0.0612. The number of thiazole rings is 1. The monoisotopic (exact) mass is 307 g/mol. The fourth-order valence-electron chi connectivity index (χ4n) is 2.02. The number of nitrogens with one attached hydrogen (secondary N) is 1. The van der Waals surface area contributed by atoms with Crippen LogP contribution in [-0.4, -0.2) is 41.0 Å². The summed E-state index contributed by atoms with van der Waals surface area (Å²) in [7, 11) is 0. The van der Waals surface area contributed by atoms with Gasteiger partial charge in [0.15, 0.2) is 5.13 Å². The van der Waals surface area contributed by atoms with Gasteiger partial charge in [-0.05, 0) is 12.8 Å². The molecule has 9 heteroatoms. The molecule has 0 aromatic carbocycles. The lowest BCUT2D eigenvalue weighted by molar-refractivity contribution is -0.186. The lowest BCUT2D eigenvalue weighted by Gasteiger charge is -2.31. The molecule has 1 aliphatic rings. The summed E-state index contributed by atoms with van der Waals surface area (Å²) in [5, 5.41) is 4.78. The maximum absolute atomic E-state index is 12.3. The van der Waals surface area contributed by atoms with Gasteiger partial charge in [-0.25, -0.2) is 4.98 Å². The minimum atomic E-state index is -4.85. The second kappa shape index (κ2) is 5.78. The first-order valence-corrected chi connectivity index (χ1v) is 6.82. The molecule has 2 rings (SSSR count). The van der Waals surface area contributed by atoms with Crippen LogP contribution >= 0.6 is 11.3 Å². The first-order chi connectivity index (χ1) is 9.38. The molecule has 2 heterocycles. The Morgan fingerprint density at radius 1 is 1.35 bits per heavy atom. The van der Waals surface area contributed by atoms with E-state index in [0.29, 0.717) is 5.13 Å². The highest BCUT2D eigenvalue weighted by atomic mass is 32.1. The van der Waals surface area contributed by atoms with Crippen LogP contribution in [0, 0.1) is 5.92 Å². The lowest BCUT2D eigenvalue weighted by Crippen LogP contribution is -2.46. The van der Waals surface area contributed by atoms with E-state index < -0.39 is 18.0 Å². The molecular weight excluding hydrogens is 295 g/mol. The number of amides is 2. The van der Waals surface area contributed by atoms with Gasteiger partial charge in [0, 0.05) is 30.6 Å². The third-order valence-corrected chi connectivity index (χ3v) is 3.75. The van der Waals surface area contributed by atoms with Crippen LogP contribution in [0.1, 0.15) is 12.8 Å². The summed E-state index contributed by atoms with van der Waals surface area (Å²) in [6.45, 7) is -0.122. The number of rotatable bonds is 2. The smallest absolute Gasteiger partial charge is 0.335 e. The minimum Gasteiger partial charge on any atom is -0.335 e. The summed E-state index contributed by atoms with van der Waals surface area (Å²) in [4.78, 5) is 27.6. The van der Waals surface area contributed by atoms with Gasteiger partial charge < -0.3 is 10.2 Å². The van der Waals surface area contributed by atoms with E-state index in [2.05, 4.69) is 10.3 Å². The van der Waals surface area contributed by atoms with Crippen molar-refractivity contribution in [1.29, 1.82) is 0 Å². The fraction of sp³-hybridized carbons (Fsp3) is 0.545. The Morgan fingerprint density at radius 2 is 2.00 bits per heavy atom. The van der Waals surface area contributed by atoms with Crippen LogP contribution in [0.3, 0.4) is 0 Å². The molecule has 0 aliphatic carbocycles. The maximum Gasteiger partial charge on any atom is 0.471 e. The van der Waals surface area contributed by atoms with E-state index in [1.165, 1.54) is 11.3 Å². The highest BCUT2D eigenvalue weighted by Crippen LogP contribution is 2.24. The summed E-state index contributed by atoms with van der Waals surface area (Å²) in [5.74, 6) is -2.49. The second-order valence-corrected chi connectivity index (χ2v) is 5.29. The zero-order valence-corrected chi connectivity index (χ0v) is 11.1. The maximum atomic E-state index is 12.3. The van der Waals surface area contributed by atoms with Crippen molar-refractivity contribution in [2.24, 2.45) is 5.92 Å². The highest BCUT2D eigenvalue weighted by molar-refractivity contribution is 7.13. The SMILES string of the molecule is O=C(Nc1nccs1)C1CCN(C(=O)C(F)(F)F)CC1. The van der Waals surface area contributed by atoms with Gasteiger partial charge in [-0.1, -0.05) is 0 Å². The Balaban J connectivity index is 1.85. The molecule has 1 N–H and O–H groups in total. The molecule has 1 aromatic heterocycles. The summed E-state index contributed by atoms with van der Waals surface area (Å²) >= 11 is 1.27. The molecule has 0 atom stereocenters. The van der Waals surface area contributed by atoms with Gasteiger partial charge in [0.05, 0.1) is 0 Å². The number of halogens is 3. The number of nitrogens with zero attached hydrogens (tertiary/aromatic N) is 2. The molecule has 0 bridgehead atoms. The predicted octanol–water partition coefficient (Wildman–Crippen LogP) is 1.88. The normalized spacial score (nSPS) is 17.1. The van der Waals surface area contributed by atoms with Crippen molar-refractivity contribution in [2.45, 2.75) is 19.0 Å². The third-order valence-electron chi connectivity index (χ3n) is 3.06. The average Bonchev–Trinajstić information content (AvgIpc) is 2.90. The molecule has 110 valence electrons. The summed E-state index contributed by atoms with van der Waals surface area (Å²) in [6, 6.07) is 0. The predicted molar refractivity (Wildman–Crippen MR) is 66.1 cm³/mol. The van der Waals surface area contributed by atoms with E-state index in [0.717, 1.165) is 4.90 Å². The molecule has 1 aromatic rings. The third kappa shape index (κ3) is 3.47. The van der Waals surface area contributed by atoms with E-state index in [1.54, 1.807) is 11.6 Å². The van der Waals surface area contributed by atoms with Crippen molar-refractivity contribution in [3.05, 3.63) is 11.6 Å². The molecule has 1 saturated heterocycles. The van der Waals surface area contributed by atoms with Crippen LogP contribution in [0.5, 0.6) is 0 Å². The Labute approximate surface area is 116 Å². The van der Waals surface area contributed by atoms with E-state index in [4.69, 9.17) is 0 Å². The number of aromatic nitrogens is 1. The second-order valence-electron chi connectivity index (χ2n) is 4.39. The number of hydrogen-bond donors (Lipinski definition) is 1. The van der Waals surface area contributed by atoms with Crippen molar-refractivity contribution in [3.63, 3.8) is 0 Å². The molecule has 0 spiro atoms. The van der Waals surface area contributed by atoms with E-state index >= 15 is 0 Å². The van der Waals surface area contributed by atoms with Gasteiger partial charge in [0.2, 0.25) is 5.91 Å². The standard InChI is InChI=1S/C11H12F3N3O2S/c12-11(13,14)9(19)17-4-1-7(2-5-17)8(18)16-10-15-3-6-20-10/h3,6-7H,1-2,4-5H2,(H,15,16,18). The van der Waals surface area contributed by atoms with Gasteiger partial charge in [-0.2, -0.15) is 13.2 Å². The van der Waals surface area contributed by atoms with Gasteiger partial charge in [0.1, 0.15) is 0 Å². The van der Waals surface area contributed by atoms with Crippen LogP contribution in [0.15, 0.2) is 11.6 Å². The number of alkyl halides is 3. The molecule has 0 radical (unpaired) electrons. The van der Waals surface area contributed by atoms with E-state index in [-0.39, 0.29) is 31.8 Å². The van der Waals surface area contributed by atoms with Crippen molar-refractivity contribution in [3.8, 4) is 0 Å². The van der Waals surface area contributed by atoms with Crippen molar-refractivity contribution in [1.82, 2.24) is 9.88 Å². The Kier molecular flexibility index (Phi) is 4.26. The molecule has 1 fully saturated rings. The molecule has 2 amide bonds. The number of carbonyl (C=O) groups is 2. The van der Waals surface area contributed by atoms with Crippen LogP contribution in [0.2, 0.25) is 0 Å². The van der Waals surface area contributed by atoms with Gasteiger partial charge in [-0.3, -0.25) is 9.59 Å². The van der Waals surface area contributed by atoms with Crippen molar-refractivity contribution in [2.75, 3.05) is 18.4 Å². The van der Waals surface area contributed by atoms with Gasteiger partial charge in [-0.15, -0.1) is 11.3 Å². The number of piperidine rings is 1. The topological polar surface area (TPSA) is 62.3 Å². The Morgan fingerprint density at radius 3 is 2.50 bits per heavy atom.